The van der Waals surface area contributed by atoms with Crippen molar-refractivity contribution in [1.82, 2.24) is 4.98 Å². The SMILES string of the molecule is Cc1ccc(NC(=O)Cc2nc(CSc3ccccc3F)cs2)cc1. The van der Waals surface area contributed by atoms with E-state index in [0.717, 1.165) is 22.0 Å². The normalized spacial score (nSPS) is 10.6. The predicted octanol–water partition coefficient (Wildman–Crippen LogP) is 5.06. The number of nitrogens with zero attached hydrogens (tertiary/aromatic N) is 1. The lowest BCUT2D eigenvalue weighted by atomic mass is 10.2. The van der Waals surface area contributed by atoms with Crippen LogP contribution in [0.1, 0.15) is 16.3 Å². The Morgan fingerprint density at radius 1 is 1.20 bits per heavy atom. The number of carbonyl (C=O) groups excluding carboxylic acids is 1. The minimum atomic E-state index is -0.222. The largest absolute Gasteiger partial charge is 0.326 e. The fraction of sp³-hybridized carbons (Fsp3) is 0.158. The number of thiazole rings is 1. The summed E-state index contributed by atoms with van der Waals surface area (Å²) in [5.41, 5.74) is 2.79. The van der Waals surface area contributed by atoms with Crippen LogP contribution in [0.15, 0.2) is 58.8 Å². The van der Waals surface area contributed by atoms with Gasteiger partial charge in [0.05, 0.1) is 12.1 Å². The first-order valence-corrected chi connectivity index (χ1v) is 9.64. The van der Waals surface area contributed by atoms with Gasteiger partial charge in [-0.2, -0.15) is 0 Å². The molecule has 1 amide bonds. The molecule has 1 aromatic heterocycles. The van der Waals surface area contributed by atoms with E-state index in [4.69, 9.17) is 0 Å². The summed E-state index contributed by atoms with van der Waals surface area (Å²) in [6.45, 7) is 2.00. The highest BCUT2D eigenvalue weighted by Gasteiger charge is 2.10. The van der Waals surface area contributed by atoms with Crippen molar-refractivity contribution >= 4 is 34.7 Å². The Hall–Kier alpha value is -2.18. The number of aromatic nitrogens is 1. The summed E-state index contributed by atoms with van der Waals surface area (Å²) in [6, 6.07) is 14.4. The molecule has 25 heavy (non-hydrogen) atoms. The summed E-state index contributed by atoms with van der Waals surface area (Å²) in [7, 11) is 0. The van der Waals surface area contributed by atoms with Gasteiger partial charge in [-0.15, -0.1) is 23.1 Å². The summed E-state index contributed by atoms with van der Waals surface area (Å²) in [4.78, 5) is 17.2. The van der Waals surface area contributed by atoms with E-state index in [0.29, 0.717) is 10.6 Å². The first-order chi connectivity index (χ1) is 12.1. The van der Waals surface area contributed by atoms with E-state index >= 15 is 0 Å². The number of thioether (sulfide) groups is 1. The zero-order valence-electron chi connectivity index (χ0n) is 13.7. The molecule has 128 valence electrons. The molecule has 0 bridgehead atoms. The highest BCUT2D eigenvalue weighted by Crippen LogP contribution is 2.26. The zero-order chi connectivity index (χ0) is 17.6. The number of aryl methyl sites for hydroxylation is 1. The predicted molar refractivity (Wildman–Crippen MR) is 102 cm³/mol. The van der Waals surface area contributed by atoms with Crippen molar-refractivity contribution in [2.75, 3.05) is 5.32 Å². The average molecular weight is 372 g/mol. The molecule has 0 aliphatic rings. The maximum atomic E-state index is 13.6. The van der Waals surface area contributed by atoms with Gasteiger partial charge >= 0.3 is 0 Å². The van der Waals surface area contributed by atoms with Gasteiger partial charge in [-0.05, 0) is 31.2 Å². The van der Waals surface area contributed by atoms with Crippen LogP contribution in [0.5, 0.6) is 0 Å². The lowest BCUT2D eigenvalue weighted by Gasteiger charge is -2.04. The lowest BCUT2D eigenvalue weighted by molar-refractivity contribution is -0.115. The molecular formula is C19H17FN2OS2. The van der Waals surface area contributed by atoms with Crippen molar-refractivity contribution in [1.29, 1.82) is 0 Å². The van der Waals surface area contributed by atoms with E-state index in [1.165, 1.54) is 29.2 Å². The zero-order valence-corrected chi connectivity index (χ0v) is 15.3. The first kappa shape index (κ1) is 17.6. The van der Waals surface area contributed by atoms with Gasteiger partial charge in [0, 0.05) is 21.7 Å². The fourth-order valence-electron chi connectivity index (χ4n) is 2.19. The fourth-order valence-corrected chi connectivity index (χ4v) is 3.92. The Morgan fingerprint density at radius 2 is 1.96 bits per heavy atom. The van der Waals surface area contributed by atoms with Gasteiger partial charge in [0.25, 0.3) is 0 Å². The van der Waals surface area contributed by atoms with Crippen LogP contribution >= 0.6 is 23.1 Å². The molecule has 0 atom stereocenters. The Morgan fingerprint density at radius 3 is 2.72 bits per heavy atom. The lowest BCUT2D eigenvalue weighted by Crippen LogP contribution is -2.14. The number of nitrogens with one attached hydrogen (secondary N) is 1. The second kappa shape index (κ2) is 8.27. The molecule has 6 heteroatoms. The van der Waals surface area contributed by atoms with Gasteiger partial charge in [-0.3, -0.25) is 4.79 Å². The van der Waals surface area contributed by atoms with Crippen molar-refractivity contribution in [3.8, 4) is 0 Å². The monoisotopic (exact) mass is 372 g/mol. The number of halogens is 1. The maximum absolute atomic E-state index is 13.6. The summed E-state index contributed by atoms with van der Waals surface area (Å²) in [6.07, 6.45) is 0.239. The minimum Gasteiger partial charge on any atom is -0.326 e. The van der Waals surface area contributed by atoms with Crippen LogP contribution < -0.4 is 5.32 Å². The van der Waals surface area contributed by atoms with Gasteiger partial charge in [-0.25, -0.2) is 9.37 Å². The van der Waals surface area contributed by atoms with Gasteiger partial charge in [0.15, 0.2) is 0 Å². The summed E-state index contributed by atoms with van der Waals surface area (Å²) in [5, 5.41) is 5.54. The molecule has 0 saturated carbocycles. The van der Waals surface area contributed by atoms with Crippen LogP contribution in [-0.4, -0.2) is 10.9 Å². The first-order valence-electron chi connectivity index (χ1n) is 7.77. The quantitative estimate of drug-likeness (QED) is 0.615. The van der Waals surface area contributed by atoms with Crippen LogP contribution in [0.25, 0.3) is 0 Å². The second-order valence-electron chi connectivity index (χ2n) is 5.54. The topological polar surface area (TPSA) is 42.0 Å². The van der Waals surface area contributed by atoms with Crippen molar-refractivity contribution < 1.29 is 9.18 Å². The molecule has 1 N–H and O–H groups in total. The molecule has 0 fully saturated rings. The number of rotatable bonds is 6. The Labute approximate surface area is 154 Å². The van der Waals surface area contributed by atoms with E-state index in [1.54, 1.807) is 12.1 Å². The molecule has 0 radical (unpaired) electrons. The summed E-state index contributed by atoms with van der Waals surface area (Å²) >= 11 is 2.86. The number of anilines is 1. The number of carbonyl (C=O) groups is 1. The molecule has 2 aromatic carbocycles. The Kier molecular flexibility index (Phi) is 5.83. The smallest absolute Gasteiger partial charge is 0.231 e. The van der Waals surface area contributed by atoms with Gasteiger partial charge in [-0.1, -0.05) is 29.8 Å². The van der Waals surface area contributed by atoms with Crippen molar-refractivity contribution in [2.24, 2.45) is 0 Å². The van der Waals surface area contributed by atoms with Crippen molar-refractivity contribution in [3.63, 3.8) is 0 Å². The molecule has 0 saturated heterocycles. The van der Waals surface area contributed by atoms with Crippen molar-refractivity contribution in [3.05, 3.63) is 76.0 Å². The Bertz CT molecular complexity index is 862. The third kappa shape index (κ3) is 5.14. The highest BCUT2D eigenvalue weighted by atomic mass is 32.2. The molecule has 3 nitrogen and oxygen atoms in total. The molecule has 0 aliphatic carbocycles. The molecule has 0 unspecified atom stereocenters. The number of hydrogen-bond donors (Lipinski definition) is 1. The standard InChI is InChI=1S/C19H17FN2OS2/c1-13-6-8-14(9-7-13)21-18(23)10-19-22-15(12-25-19)11-24-17-5-3-2-4-16(17)20/h2-9,12H,10-11H2,1H3,(H,21,23). The van der Waals surface area contributed by atoms with Gasteiger partial charge < -0.3 is 5.32 Å². The van der Waals surface area contributed by atoms with Gasteiger partial charge in [0.2, 0.25) is 5.91 Å². The Balaban J connectivity index is 1.53. The van der Waals surface area contributed by atoms with E-state index in [9.17, 15) is 9.18 Å². The average Bonchev–Trinajstić information content (AvgIpc) is 3.03. The third-order valence-corrected chi connectivity index (χ3v) is 5.44. The molecule has 3 aromatic rings. The van der Waals surface area contributed by atoms with Crippen LogP contribution in [0.2, 0.25) is 0 Å². The third-order valence-electron chi connectivity index (χ3n) is 3.46. The van der Waals surface area contributed by atoms with E-state index in [-0.39, 0.29) is 18.1 Å². The number of amides is 1. The second-order valence-corrected chi connectivity index (χ2v) is 7.50. The molecule has 1 heterocycles. The summed E-state index contributed by atoms with van der Waals surface area (Å²) < 4.78 is 13.6. The van der Waals surface area contributed by atoms with Crippen LogP contribution in [-0.2, 0) is 17.0 Å². The molecular weight excluding hydrogens is 355 g/mol. The van der Waals surface area contributed by atoms with E-state index < -0.39 is 0 Å². The van der Waals surface area contributed by atoms with Crippen LogP contribution in [0.3, 0.4) is 0 Å². The van der Waals surface area contributed by atoms with E-state index in [2.05, 4.69) is 10.3 Å². The van der Waals surface area contributed by atoms with Crippen molar-refractivity contribution in [2.45, 2.75) is 24.0 Å². The highest BCUT2D eigenvalue weighted by molar-refractivity contribution is 7.98. The number of hydrogen-bond acceptors (Lipinski definition) is 4. The summed E-state index contributed by atoms with van der Waals surface area (Å²) in [5.74, 6) is 0.267. The number of benzene rings is 2. The minimum absolute atomic E-state index is 0.0912. The van der Waals surface area contributed by atoms with Crippen LogP contribution in [0.4, 0.5) is 10.1 Å². The molecule has 0 spiro atoms. The molecule has 3 rings (SSSR count). The molecule has 0 aliphatic heterocycles. The van der Waals surface area contributed by atoms with E-state index in [1.807, 2.05) is 42.6 Å². The van der Waals surface area contributed by atoms with Crippen LogP contribution in [0, 0.1) is 12.7 Å². The van der Waals surface area contributed by atoms with Gasteiger partial charge in [0.1, 0.15) is 10.8 Å². The maximum Gasteiger partial charge on any atom is 0.231 e.